The molecule has 4 nitrogen and oxygen atoms in total. The van der Waals surface area contributed by atoms with Crippen molar-refractivity contribution in [1.82, 2.24) is 10.4 Å². The van der Waals surface area contributed by atoms with Crippen molar-refractivity contribution in [2.24, 2.45) is 5.10 Å². The third-order valence-corrected chi connectivity index (χ3v) is 2.50. The summed E-state index contributed by atoms with van der Waals surface area (Å²) < 4.78 is 0. The molecular weight excluding hydrogens is 226 g/mol. The largest absolute Gasteiger partial charge is 0.360 e. The molecule has 0 aliphatic carbocycles. The summed E-state index contributed by atoms with van der Waals surface area (Å²) in [6, 6.07) is 13.7. The summed E-state index contributed by atoms with van der Waals surface area (Å²) in [6.45, 7) is 0. The molecule has 1 aromatic heterocycles. The lowest BCUT2D eigenvalue weighted by Crippen LogP contribution is -2.17. The quantitative estimate of drug-likeness (QED) is 0.611. The lowest BCUT2D eigenvalue weighted by molar-refractivity contribution is -0.121. The number of nitrogens with zero attached hydrogens (tertiary/aromatic N) is 1. The number of aryl methyl sites for hydroxylation is 1. The number of hydrazone groups is 1. The zero-order valence-corrected chi connectivity index (χ0v) is 9.97. The van der Waals surface area contributed by atoms with Crippen LogP contribution in [-0.2, 0) is 11.2 Å². The van der Waals surface area contributed by atoms with Gasteiger partial charge in [0, 0.05) is 12.6 Å². The predicted octanol–water partition coefficient (Wildman–Crippen LogP) is 2.10. The third-order valence-electron chi connectivity index (χ3n) is 2.50. The number of nitrogens with one attached hydrogen (secondary N) is 2. The molecule has 2 N–H and O–H groups in total. The highest BCUT2D eigenvalue weighted by atomic mass is 16.2. The maximum atomic E-state index is 11.5. The Morgan fingerprint density at radius 1 is 1.22 bits per heavy atom. The van der Waals surface area contributed by atoms with Gasteiger partial charge >= 0.3 is 0 Å². The van der Waals surface area contributed by atoms with Gasteiger partial charge in [0.15, 0.2) is 0 Å². The Bertz CT molecular complexity index is 503. The fourth-order valence-corrected chi connectivity index (χ4v) is 1.56. The summed E-state index contributed by atoms with van der Waals surface area (Å²) in [5.41, 5.74) is 4.51. The molecule has 0 aliphatic heterocycles. The number of benzene rings is 1. The van der Waals surface area contributed by atoms with Gasteiger partial charge < -0.3 is 4.98 Å². The topological polar surface area (TPSA) is 57.2 Å². The first-order valence-corrected chi connectivity index (χ1v) is 5.84. The van der Waals surface area contributed by atoms with E-state index in [1.165, 1.54) is 0 Å². The van der Waals surface area contributed by atoms with Crippen LogP contribution in [0.15, 0.2) is 53.8 Å². The Balaban J connectivity index is 1.73. The van der Waals surface area contributed by atoms with Crippen LogP contribution < -0.4 is 5.43 Å². The van der Waals surface area contributed by atoms with Crippen molar-refractivity contribution in [1.29, 1.82) is 0 Å². The van der Waals surface area contributed by atoms with Gasteiger partial charge in [-0.15, -0.1) is 0 Å². The molecule has 92 valence electrons. The van der Waals surface area contributed by atoms with E-state index in [0.717, 1.165) is 17.7 Å². The van der Waals surface area contributed by atoms with Gasteiger partial charge in [-0.05, 0) is 24.1 Å². The van der Waals surface area contributed by atoms with E-state index in [-0.39, 0.29) is 5.91 Å². The van der Waals surface area contributed by atoms with E-state index >= 15 is 0 Å². The summed E-state index contributed by atoms with van der Waals surface area (Å²) in [4.78, 5) is 14.5. The summed E-state index contributed by atoms with van der Waals surface area (Å²) in [7, 11) is 0. The number of rotatable bonds is 5. The highest BCUT2D eigenvalue weighted by Gasteiger charge is 2.00. The van der Waals surface area contributed by atoms with E-state index in [1.54, 1.807) is 12.4 Å². The standard InChI is InChI=1S/C14H15N3O/c18-14(9-8-12-5-2-1-3-6-12)17-16-11-13-7-4-10-15-13/h1-7,10-11,15H,8-9H2,(H,17,18)/b16-11-. The minimum atomic E-state index is -0.0818. The molecule has 1 heterocycles. The maximum absolute atomic E-state index is 11.5. The second-order valence-corrected chi connectivity index (χ2v) is 3.90. The van der Waals surface area contributed by atoms with E-state index in [1.807, 2.05) is 42.5 Å². The lowest BCUT2D eigenvalue weighted by atomic mass is 10.1. The summed E-state index contributed by atoms with van der Waals surface area (Å²) >= 11 is 0. The van der Waals surface area contributed by atoms with Gasteiger partial charge in [0.25, 0.3) is 0 Å². The van der Waals surface area contributed by atoms with Gasteiger partial charge in [-0.1, -0.05) is 30.3 Å². The average molecular weight is 241 g/mol. The molecule has 2 aromatic rings. The molecule has 0 saturated carbocycles. The van der Waals surface area contributed by atoms with Crippen LogP contribution in [0.4, 0.5) is 0 Å². The van der Waals surface area contributed by atoms with Gasteiger partial charge in [0.1, 0.15) is 0 Å². The van der Waals surface area contributed by atoms with Gasteiger partial charge in [-0.3, -0.25) is 4.79 Å². The van der Waals surface area contributed by atoms with Crippen molar-refractivity contribution in [2.75, 3.05) is 0 Å². The number of carbonyl (C=O) groups is 1. The van der Waals surface area contributed by atoms with Crippen LogP contribution in [0.5, 0.6) is 0 Å². The summed E-state index contributed by atoms with van der Waals surface area (Å²) in [5, 5.41) is 3.87. The fourth-order valence-electron chi connectivity index (χ4n) is 1.56. The Kier molecular flexibility index (Phi) is 4.30. The van der Waals surface area contributed by atoms with Crippen LogP contribution in [0.1, 0.15) is 17.7 Å². The second-order valence-electron chi connectivity index (χ2n) is 3.90. The summed E-state index contributed by atoms with van der Waals surface area (Å²) in [5.74, 6) is -0.0818. The van der Waals surface area contributed by atoms with Crippen LogP contribution in [0.2, 0.25) is 0 Å². The molecule has 2 rings (SSSR count). The molecule has 1 aromatic carbocycles. The predicted molar refractivity (Wildman–Crippen MR) is 71.3 cm³/mol. The molecule has 0 radical (unpaired) electrons. The van der Waals surface area contributed by atoms with Gasteiger partial charge in [-0.2, -0.15) is 5.10 Å². The monoisotopic (exact) mass is 241 g/mol. The molecule has 0 unspecified atom stereocenters. The second kappa shape index (κ2) is 6.39. The molecule has 0 fully saturated rings. The number of H-pyrrole nitrogens is 1. The first-order valence-electron chi connectivity index (χ1n) is 5.84. The van der Waals surface area contributed by atoms with Crippen LogP contribution in [0, 0.1) is 0 Å². The van der Waals surface area contributed by atoms with Gasteiger partial charge in [0.05, 0.1) is 11.9 Å². The first-order chi connectivity index (χ1) is 8.84. The number of hydrogen-bond acceptors (Lipinski definition) is 2. The van der Waals surface area contributed by atoms with Crippen molar-refractivity contribution in [2.45, 2.75) is 12.8 Å². The fraction of sp³-hybridized carbons (Fsp3) is 0.143. The first kappa shape index (κ1) is 12.1. The van der Waals surface area contributed by atoms with Crippen LogP contribution in [0.25, 0.3) is 0 Å². The van der Waals surface area contributed by atoms with E-state index in [2.05, 4.69) is 15.5 Å². The zero-order valence-electron chi connectivity index (χ0n) is 9.97. The van der Waals surface area contributed by atoms with E-state index in [4.69, 9.17) is 0 Å². The molecule has 0 spiro atoms. The SMILES string of the molecule is O=C(CCc1ccccc1)N/N=C\c1ccc[nH]1. The Labute approximate surface area is 106 Å². The third kappa shape index (κ3) is 3.90. The van der Waals surface area contributed by atoms with Crippen molar-refractivity contribution in [3.05, 3.63) is 59.9 Å². The molecule has 18 heavy (non-hydrogen) atoms. The smallest absolute Gasteiger partial charge is 0.240 e. The number of aromatic amines is 1. The molecule has 4 heteroatoms. The Morgan fingerprint density at radius 2 is 2.06 bits per heavy atom. The summed E-state index contributed by atoms with van der Waals surface area (Å²) in [6.07, 6.45) is 4.55. The molecule has 0 aliphatic rings. The number of carbonyl (C=O) groups excluding carboxylic acids is 1. The molecular formula is C14H15N3O. The number of amides is 1. The van der Waals surface area contributed by atoms with E-state index in [9.17, 15) is 4.79 Å². The zero-order chi connectivity index (χ0) is 12.6. The average Bonchev–Trinajstić information content (AvgIpc) is 2.91. The molecule has 0 bridgehead atoms. The van der Waals surface area contributed by atoms with Crippen molar-refractivity contribution in [3.63, 3.8) is 0 Å². The van der Waals surface area contributed by atoms with Gasteiger partial charge in [0.2, 0.25) is 5.91 Å². The van der Waals surface area contributed by atoms with Crippen LogP contribution >= 0.6 is 0 Å². The van der Waals surface area contributed by atoms with Crippen molar-refractivity contribution in [3.8, 4) is 0 Å². The van der Waals surface area contributed by atoms with Crippen LogP contribution in [0.3, 0.4) is 0 Å². The lowest BCUT2D eigenvalue weighted by Gasteiger charge is -2.00. The van der Waals surface area contributed by atoms with E-state index in [0.29, 0.717) is 6.42 Å². The Morgan fingerprint density at radius 3 is 2.78 bits per heavy atom. The normalized spacial score (nSPS) is 10.7. The minimum absolute atomic E-state index is 0.0818. The Hall–Kier alpha value is -2.36. The van der Waals surface area contributed by atoms with Gasteiger partial charge in [-0.25, -0.2) is 5.43 Å². The molecule has 1 amide bonds. The maximum Gasteiger partial charge on any atom is 0.240 e. The highest BCUT2D eigenvalue weighted by molar-refractivity contribution is 5.80. The number of hydrogen-bond donors (Lipinski definition) is 2. The molecule has 0 saturated heterocycles. The van der Waals surface area contributed by atoms with E-state index < -0.39 is 0 Å². The number of aromatic nitrogens is 1. The highest BCUT2D eigenvalue weighted by Crippen LogP contribution is 2.01. The van der Waals surface area contributed by atoms with Crippen molar-refractivity contribution < 1.29 is 4.79 Å². The molecule has 0 atom stereocenters. The van der Waals surface area contributed by atoms with Crippen molar-refractivity contribution >= 4 is 12.1 Å². The van der Waals surface area contributed by atoms with Crippen LogP contribution in [-0.4, -0.2) is 17.1 Å². The minimum Gasteiger partial charge on any atom is -0.360 e.